The van der Waals surface area contributed by atoms with E-state index in [1.165, 1.54) is 30.6 Å². The number of hydrogen-bond acceptors (Lipinski definition) is 4. The Kier molecular flexibility index (Phi) is 5.58. The summed E-state index contributed by atoms with van der Waals surface area (Å²) >= 11 is 0.960. The van der Waals surface area contributed by atoms with E-state index < -0.39 is 0 Å². The predicted octanol–water partition coefficient (Wildman–Crippen LogP) is 3.97. The largest absolute Gasteiger partial charge is 0.354 e. The fourth-order valence-corrected chi connectivity index (χ4v) is 5.62. The van der Waals surface area contributed by atoms with E-state index in [0.717, 1.165) is 34.7 Å². The van der Waals surface area contributed by atoms with Gasteiger partial charge in [-0.1, -0.05) is 36.2 Å². The fourth-order valence-electron chi connectivity index (χ4n) is 4.75. The van der Waals surface area contributed by atoms with Crippen molar-refractivity contribution in [2.45, 2.75) is 39.0 Å². The summed E-state index contributed by atoms with van der Waals surface area (Å²) < 4.78 is 0. The minimum atomic E-state index is -0.280. The molecule has 1 aromatic rings. The molecule has 4 rings (SSSR count). The number of aryl methyl sites for hydroxylation is 1. The highest BCUT2D eigenvalue weighted by molar-refractivity contribution is 8.18. The third-order valence-electron chi connectivity index (χ3n) is 6.24. The monoisotopic (exact) mass is 398 g/mol. The Morgan fingerprint density at radius 3 is 2.68 bits per heavy atom. The third-order valence-corrected chi connectivity index (χ3v) is 7.15. The van der Waals surface area contributed by atoms with Gasteiger partial charge in [0.25, 0.3) is 11.1 Å². The van der Waals surface area contributed by atoms with Gasteiger partial charge < -0.3 is 5.32 Å². The van der Waals surface area contributed by atoms with Crippen LogP contribution < -0.4 is 5.32 Å². The van der Waals surface area contributed by atoms with E-state index in [0.29, 0.717) is 23.8 Å². The zero-order valence-electron chi connectivity index (χ0n) is 16.1. The smallest absolute Gasteiger partial charge is 0.293 e. The standard InChI is InChI=1S/C22H26N2O3S/c1-14-2-4-15(5-3-14)12-19-21(26)24(22(27)28-19)9-8-23-20(25)13-18-11-16-6-7-17(18)10-16/h2-5,12,16-18H,6-11,13H2,1H3,(H,23,25)/b19-12-/t16-,17-,18-/m1/s1. The molecule has 3 atom stereocenters. The number of amides is 3. The second-order valence-electron chi connectivity index (χ2n) is 8.23. The molecule has 1 N–H and O–H groups in total. The van der Waals surface area contributed by atoms with Crippen LogP contribution in [0.4, 0.5) is 4.79 Å². The van der Waals surface area contributed by atoms with Gasteiger partial charge in [0.05, 0.1) is 4.91 Å². The summed E-state index contributed by atoms with van der Waals surface area (Å²) in [5.41, 5.74) is 2.04. The maximum absolute atomic E-state index is 12.5. The predicted molar refractivity (Wildman–Crippen MR) is 110 cm³/mol. The summed E-state index contributed by atoms with van der Waals surface area (Å²) in [4.78, 5) is 38.6. The molecular weight excluding hydrogens is 372 g/mol. The summed E-state index contributed by atoms with van der Waals surface area (Å²) in [6, 6.07) is 7.81. The highest BCUT2D eigenvalue weighted by atomic mass is 32.2. The summed E-state index contributed by atoms with van der Waals surface area (Å²) in [5, 5.41) is 2.62. The number of nitrogens with one attached hydrogen (secondary N) is 1. The third kappa shape index (κ3) is 4.17. The number of hydrogen-bond donors (Lipinski definition) is 1. The number of carbonyl (C=O) groups is 3. The quantitative estimate of drug-likeness (QED) is 0.736. The van der Waals surface area contributed by atoms with Crippen molar-refractivity contribution in [3.8, 4) is 0 Å². The maximum Gasteiger partial charge on any atom is 0.293 e. The van der Waals surface area contributed by atoms with E-state index >= 15 is 0 Å². The van der Waals surface area contributed by atoms with Gasteiger partial charge >= 0.3 is 0 Å². The van der Waals surface area contributed by atoms with Crippen molar-refractivity contribution < 1.29 is 14.4 Å². The second-order valence-corrected chi connectivity index (χ2v) is 9.23. The molecule has 6 heteroatoms. The van der Waals surface area contributed by atoms with Gasteiger partial charge in [-0.3, -0.25) is 19.3 Å². The molecule has 0 spiro atoms. The van der Waals surface area contributed by atoms with Crippen LogP contribution in [0, 0.1) is 24.7 Å². The number of nitrogens with zero attached hydrogens (tertiary/aromatic N) is 1. The molecule has 148 valence electrons. The normalized spacial score (nSPS) is 27.8. The van der Waals surface area contributed by atoms with Crippen molar-refractivity contribution in [2.24, 2.45) is 17.8 Å². The molecule has 3 fully saturated rings. The Bertz CT molecular complexity index is 818. The SMILES string of the molecule is Cc1ccc(/C=C2\SC(=O)N(CCNC(=O)C[C@H]3C[C@@H]4CC[C@@H]3C4)C2=O)cc1. The Hall–Kier alpha value is -2.08. The first-order valence-electron chi connectivity index (χ1n) is 10.1. The fraction of sp³-hybridized carbons (Fsp3) is 0.500. The topological polar surface area (TPSA) is 66.5 Å². The van der Waals surface area contributed by atoms with Gasteiger partial charge in [-0.2, -0.15) is 0 Å². The lowest BCUT2D eigenvalue weighted by Crippen LogP contribution is -2.38. The van der Waals surface area contributed by atoms with Gasteiger partial charge in [0, 0.05) is 19.5 Å². The zero-order chi connectivity index (χ0) is 19.7. The lowest BCUT2D eigenvalue weighted by Gasteiger charge is -2.21. The molecule has 2 saturated carbocycles. The van der Waals surface area contributed by atoms with E-state index in [1.54, 1.807) is 6.08 Å². The summed E-state index contributed by atoms with van der Waals surface area (Å²) in [7, 11) is 0. The van der Waals surface area contributed by atoms with Gasteiger partial charge in [-0.15, -0.1) is 0 Å². The van der Waals surface area contributed by atoms with E-state index in [1.807, 2.05) is 31.2 Å². The molecule has 3 aliphatic rings. The highest BCUT2D eigenvalue weighted by Crippen LogP contribution is 2.49. The lowest BCUT2D eigenvalue weighted by atomic mass is 9.86. The molecule has 1 aromatic carbocycles. The van der Waals surface area contributed by atoms with E-state index in [-0.39, 0.29) is 23.6 Å². The maximum atomic E-state index is 12.5. The van der Waals surface area contributed by atoms with Crippen LogP contribution in [-0.4, -0.2) is 35.0 Å². The van der Waals surface area contributed by atoms with Crippen LogP contribution in [0.2, 0.25) is 0 Å². The number of benzene rings is 1. The Labute approximate surface area is 169 Å². The van der Waals surface area contributed by atoms with Crippen molar-refractivity contribution in [3.05, 3.63) is 40.3 Å². The highest BCUT2D eigenvalue weighted by Gasteiger charge is 2.40. The van der Waals surface area contributed by atoms with Crippen LogP contribution in [-0.2, 0) is 9.59 Å². The average Bonchev–Trinajstić information content (AvgIpc) is 3.35. The number of imide groups is 1. The Balaban J connectivity index is 1.26. The minimum absolute atomic E-state index is 0.0414. The number of fused-ring (bicyclic) bond motifs is 2. The summed E-state index contributed by atoms with van der Waals surface area (Å²) in [5.74, 6) is 1.84. The molecule has 1 heterocycles. The van der Waals surface area contributed by atoms with Crippen molar-refractivity contribution in [1.29, 1.82) is 0 Å². The summed E-state index contributed by atoms with van der Waals surface area (Å²) in [6.07, 6.45) is 7.41. The summed E-state index contributed by atoms with van der Waals surface area (Å²) in [6.45, 7) is 2.54. The first-order chi connectivity index (χ1) is 13.5. The molecule has 0 radical (unpaired) electrons. The molecule has 1 saturated heterocycles. The molecular formula is C22H26N2O3S. The van der Waals surface area contributed by atoms with Crippen molar-refractivity contribution in [3.63, 3.8) is 0 Å². The molecule has 1 aliphatic heterocycles. The average molecular weight is 399 g/mol. The van der Waals surface area contributed by atoms with Gasteiger partial charge in [0.1, 0.15) is 0 Å². The van der Waals surface area contributed by atoms with E-state index in [2.05, 4.69) is 5.32 Å². The molecule has 2 bridgehead atoms. The number of thioether (sulfide) groups is 1. The van der Waals surface area contributed by atoms with Gasteiger partial charge in [-0.05, 0) is 67.3 Å². The molecule has 28 heavy (non-hydrogen) atoms. The number of rotatable bonds is 6. The first kappa shape index (κ1) is 19.2. The second kappa shape index (κ2) is 8.11. The van der Waals surface area contributed by atoms with Crippen LogP contribution in [0.15, 0.2) is 29.2 Å². The van der Waals surface area contributed by atoms with Crippen LogP contribution >= 0.6 is 11.8 Å². The molecule has 2 aliphatic carbocycles. The van der Waals surface area contributed by atoms with Gasteiger partial charge in [0.15, 0.2) is 0 Å². The first-order valence-corrected chi connectivity index (χ1v) is 10.9. The number of carbonyl (C=O) groups excluding carboxylic acids is 3. The Morgan fingerprint density at radius 1 is 1.21 bits per heavy atom. The molecule has 0 unspecified atom stereocenters. The van der Waals surface area contributed by atoms with Gasteiger partial charge in [-0.25, -0.2) is 0 Å². The lowest BCUT2D eigenvalue weighted by molar-refractivity contribution is -0.124. The molecule has 0 aromatic heterocycles. The van der Waals surface area contributed by atoms with E-state index in [9.17, 15) is 14.4 Å². The minimum Gasteiger partial charge on any atom is -0.354 e. The van der Waals surface area contributed by atoms with Crippen molar-refractivity contribution >= 4 is 34.9 Å². The van der Waals surface area contributed by atoms with Crippen molar-refractivity contribution in [2.75, 3.05) is 13.1 Å². The van der Waals surface area contributed by atoms with E-state index in [4.69, 9.17) is 0 Å². The van der Waals surface area contributed by atoms with Crippen LogP contribution in [0.3, 0.4) is 0 Å². The zero-order valence-corrected chi connectivity index (χ0v) is 17.0. The van der Waals surface area contributed by atoms with Crippen LogP contribution in [0.25, 0.3) is 6.08 Å². The van der Waals surface area contributed by atoms with Gasteiger partial charge in [0.2, 0.25) is 5.91 Å². The van der Waals surface area contributed by atoms with Crippen molar-refractivity contribution in [1.82, 2.24) is 10.2 Å². The molecule has 5 nitrogen and oxygen atoms in total. The molecule has 3 amide bonds. The Morgan fingerprint density at radius 2 is 2.00 bits per heavy atom. The van der Waals surface area contributed by atoms with Crippen LogP contribution in [0.1, 0.15) is 43.2 Å². The van der Waals surface area contributed by atoms with Crippen LogP contribution in [0.5, 0.6) is 0 Å².